The molecule has 0 spiro atoms. The lowest BCUT2D eigenvalue weighted by Crippen LogP contribution is -2.54. The molecule has 1 aliphatic heterocycles. The van der Waals surface area contributed by atoms with Crippen molar-refractivity contribution in [2.45, 2.75) is 31.8 Å². The molecule has 0 radical (unpaired) electrons. The normalized spacial score (nSPS) is 23.8. The van der Waals surface area contributed by atoms with Gasteiger partial charge in [-0.2, -0.15) is 0 Å². The Morgan fingerprint density at radius 3 is 2.56 bits per heavy atom. The van der Waals surface area contributed by atoms with Gasteiger partial charge in [-0.3, -0.25) is 4.79 Å². The third-order valence-electron chi connectivity index (χ3n) is 3.33. The molecule has 0 bridgehead atoms. The van der Waals surface area contributed by atoms with Gasteiger partial charge in [-0.1, -0.05) is 37.6 Å². The molecular weight excluding hydrogens is 228 g/mol. The van der Waals surface area contributed by atoms with Crippen LogP contribution in [-0.4, -0.2) is 30.2 Å². The van der Waals surface area contributed by atoms with Crippen LogP contribution >= 0.6 is 0 Å². The summed E-state index contributed by atoms with van der Waals surface area (Å²) >= 11 is 0. The zero-order chi connectivity index (χ0) is 13.0. The highest BCUT2D eigenvalue weighted by molar-refractivity contribution is 5.75. The quantitative estimate of drug-likeness (QED) is 0.752. The van der Waals surface area contributed by atoms with Crippen molar-refractivity contribution < 1.29 is 9.90 Å². The highest BCUT2D eigenvalue weighted by atomic mass is 16.4. The molecule has 2 atom stereocenters. The van der Waals surface area contributed by atoms with Crippen molar-refractivity contribution in [3.63, 3.8) is 0 Å². The van der Waals surface area contributed by atoms with Crippen LogP contribution in [0.15, 0.2) is 24.3 Å². The van der Waals surface area contributed by atoms with Crippen LogP contribution in [0.1, 0.15) is 30.5 Å². The van der Waals surface area contributed by atoms with E-state index < -0.39 is 12.0 Å². The number of carboxylic acids is 1. The van der Waals surface area contributed by atoms with E-state index in [0.29, 0.717) is 6.54 Å². The van der Waals surface area contributed by atoms with Crippen LogP contribution in [-0.2, 0) is 11.2 Å². The molecule has 1 aromatic rings. The Balaban J connectivity index is 2.15. The van der Waals surface area contributed by atoms with Crippen molar-refractivity contribution in [1.29, 1.82) is 0 Å². The number of aryl methyl sites for hydroxylation is 1. The summed E-state index contributed by atoms with van der Waals surface area (Å²) in [5, 5.41) is 15.5. The minimum atomic E-state index is -0.801. The number of carbonyl (C=O) groups is 1. The highest BCUT2D eigenvalue weighted by Crippen LogP contribution is 2.20. The standard InChI is InChI=1S/C14H20N2O2/c1-2-3-10-4-6-11(7-5-10)12-13(14(17)18)16-9-8-15-12/h4-7,12-13,15-16H,2-3,8-9H2,1H3,(H,17,18). The molecule has 0 aromatic heterocycles. The number of benzene rings is 1. The van der Waals surface area contributed by atoms with Crippen molar-refractivity contribution in [3.8, 4) is 0 Å². The largest absolute Gasteiger partial charge is 0.480 e. The molecule has 4 nitrogen and oxygen atoms in total. The number of nitrogens with one attached hydrogen (secondary N) is 2. The van der Waals surface area contributed by atoms with E-state index in [4.69, 9.17) is 0 Å². The predicted molar refractivity (Wildman–Crippen MR) is 70.6 cm³/mol. The zero-order valence-electron chi connectivity index (χ0n) is 10.6. The molecule has 1 saturated heterocycles. The van der Waals surface area contributed by atoms with E-state index in [9.17, 15) is 9.90 Å². The van der Waals surface area contributed by atoms with Gasteiger partial charge < -0.3 is 15.7 Å². The van der Waals surface area contributed by atoms with Gasteiger partial charge in [0.25, 0.3) is 0 Å². The summed E-state index contributed by atoms with van der Waals surface area (Å²) in [7, 11) is 0. The third-order valence-corrected chi connectivity index (χ3v) is 3.33. The molecule has 0 amide bonds. The van der Waals surface area contributed by atoms with E-state index in [1.54, 1.807) is 0 Å². The van der Waals surface area contributed by atoms with Crippen LogP contribution in [0.25, 0.3) is 0 Å². The van der Waals surface area contributed by atoms with Crippen molar-refractivity contribution in [1.82, 2.24) is 10.6 Å². The molecule has 18 heavy (non-hydrogen) atoms. The number of aliphatic carboxylic acids is 1. The van der Waals surface area contributed by atoms with Crippen molar-refractivity contribution in [2.24, 2.45) is 0 Å². The van der Waals surface area contributed by atoms with E-state index in [-0.39, 0.29) is 6.04 Å². The zero-order valence-corrected chi connectivity index (χ0v) is 10.6. The van der Waals surface area contributed by atoms with Gasteiger partial charge in [-0.05, 0) is 17.5 Å². The molecule has 4 heteroatoms. The maximum Gasteiger partial charge on any atom is 0.322 e. The van der Waals surface area contributed by atoms with Crippen LogP contribution in [0.4, 0.5) is 0 Å². The maximum absolute atomic E-state index is 11.2. The summed E-state index contributed by atoms with van der Waals surface area (Å²) in [6.07, 6.45) is 2.19. The number of rotatable bonds is 4. The lowest BCUT2D eigenvalue weighted by Gasteiger charge is -2.31. The average Bonchev–Trinajstić information content (AvgIpc) is 2.40. The molecule has 1 fully saturated rings. The second-order valence-electron chi connectivity index (χ2n) is 4.69. The average molecular weight is 248 g/mol. The number of piperazine rings is 1. The summed E-state index contributed by atoms with van der Waals surface area (Å²) in [5.41, 5.74) is 2.34. The van der Waals surface area contributed by atoms with Gasteiger partial charge in [0.1, 0.15) is 6.04 Å². The van der Waals surface area contributed by atoms with E-state index >= 15 is 0 Å². The predicted octanol–water partition coefficient (Wildman–Crippen LogP) is 1.33. The summed E-state index contributed by atoms with van der Waals surface area (Å²) < 4.78 is 0. The van der Waals surface area contributed by atoms with E-state index in [2.05, 4.69) is 29.7 Å². The summed E-state index contributed by atoms with van der Waals surface area (Å²) in [5.74, 6) is -0.801. The molecule has 0 aliphatic carbocycles. The fraction of sp³-hybridized carbons (Fsp3) is 0.500. The molecule has 1 aliphatic rings. The van der Waals surface area contributed by atoms with Crippen LogP contribution in [0.3, 0.4) is 0 Å². The van der Waals surface area contributed by atoms with Crippen LogP contribution in [0.5, 0.6) is 0 Å². The first-order valence-electron chi connectivity index (χ1n) is 6.50. The van der Waals surface area contributed by atoms with Gasteiger partial charge >= 0.3 is 5.97 Å². The van der Waals surface area contributed by atoms with Crippen molar-refractivity contribution in [2.75, 3.05) is 13.1 Å². The second kappa shape index (κ2) is 5.98. The molecule has 0 saturated carbocycles. The minimum absolute atomic E-state index is 0.146. The first-order chi connectivity index (χ1) is 8.72. The molecule has 98 valence electrons. The van der Waals surface area contributed by atoms with Crippen LogP contribution < -0.4 is 10.6 Å². The van der Waals surface area contributed by atoms with Gasteiger partial charge in [0.15, 0.2) is 0 Å². The van der Waals surface area contributed by atoms with E-state index in [0.717, 1.165) is 24.9 Å². The lowest BCUT2D eigenvalue weighted by molar-refractivity contribution is -0.140. The van der Waals surface area contributed by atoms with Crippen LogP contribution in [0, 0.1) is 0 Å². The molecule has 1 aromatic carbocycles. The van der Waals surface area contributed by atoms with Gasteiger partial charge in [0.05, 0.1) is 6.04 Å². The van der Waals surface area contributed by atoms with Gasteiger partial charge in [-0.25, -0.2) is 0 Å². The van der Waals surface area contributed by atoms with Crippen LogP contribution in [0.2, 0.25) is 0 Å². The Hall–Kier alpha value is -1.39. The maximum atomic E-state index is 11.2. The molecule has 3 N–H and O–H groups in total. The third kappa shape index (κ3) is 2.89. The Labute approximate surface area is 107 Å². The fourth-order valence-electron chi connectivity index (χ4n) is 2.41. The Morgan fingerprint density at radius 2 is 1.94 bits per heavy atom. The first kappa shape index (κ1) is 13.1. The molecule has 2 unspecified atom stereocenters. The lowest BCUT2D eigenvalue weighted by atomic mass is 9.96. The topological polar surface area (TPSA) is 61.4 Å². The van der Waals surface area contributed by atoms with E-state index in [1.807, 2.05) is 12.1 Å². The van der Waals surface area contributed by atoms with Crippen molar-refractivity contribution >= 4 is 5.97 Å². The first-order valence-corrected chi connectivity index (χ1v) is 6.50. The summed E-state index contributed by atoms with van der Waals surface area (Å²) in [6.45, 7) is 3.65. The SMILES string of the molecule is CCCc1ccc(C2NCCNC2C(=O)O)cc1. The number of hydrogen-bond acceptors (Lipinski definition) is 3. The summed E-state index contributed by atoms with van der Waals surface area (Å²) in [4.78, 5) is 11.2. The molecular formula is C14H20N2O2. The number of hydrogen-bond donors (Lipinski definition) is 3. The highest BCUT2D eigenvalue weighted by Gasteiger charge is 2.31. The Morgan fingerprint density at radius 1 is 1.28 bits per heavy atom. The second-order valence-corrected chi connectivity index (χ2v) is 4.69. The summed E-state index contributed by atoms with van der Waals surface area (Å²) in [6, 6.07) is 7.56. The van der Waals surface area contributed by atoms with Gasteiger partial charge in [-0.15, -0.1) is 0 Å². The smallest absolute Gasteiger partial charge is 0.322 e. The van der Waals surface area contributed by atoms with Gasteiger partial charge in [0, 0.05) is 13.1 Å². The Bertz CT molecular complexity index is 403. The Kier molecular flexibility index (Phi) is 4.33. The monoisotopic (exact) mass is 248 g/mol. The van der Waals surface area contributed by atoms with Crippen molar-refractivity contribution in [3.05, 3.63) is 35.4 Å². The fourth-order valence-corrected chi connectivity index (χ4v) is 2.41. The van der Waals surface area contributed by atoms with E-state index in [1.165, 1.54) is 5.56 Å². The van der Waals surface area contributed by atoms with Gasteiger partial charge in [0.2, 0.25) is 0 Å². The minimum Gasteiger partial charge on any atom is -0.480 e. The molecule has 1 heterocycles. The number of carboxylic acid groups (broad SMARTS) is 1. The molecule has 2 rings (SSSR count).